The van der Waals surface area contributed by atoms with Crippen LogP contribution in [0.3, 0.4) is 0 Å². The van der Waals surface area contributed by atoms with E-state index in [1.807, 2.05) is 49.5 Å². The first-order valence-electron chi connectivity index (χ1n) is 12.5. The maximum Gasteiger partial charge on any atom is 0.258 e. The largest absolute Gasteiger partial charge is 0.372 e. The summed E-state index contributed by atoms with van der Waals surface area (Å²) >= 11 is 0. The van der Waals surface area contributed by atoms with E-state index in [0.29, 0.717) is 16.8 Å². The van der Waals surface area contributed by atoms with Crippen LogP contribution >= 0.6 is 0 Å². The van der Waals surface area contributed by atoms with Gasteiger partial charge in [0.1, 0.15) is 0 Å². The van der Waals surface area contributed by atoms with Crippen LogP contribution in [0.25, 0.3) is 11.3 Å². The van der Waals surface area contributed by atoms with E-state index in [1.165, 1.54) is 24.9 Å². The molecule has 0 aliphatic carbocycles. The number of nitrogens with zero attached hydrogens (tertiary/aromatic N) is 3. The quantitative estimate of drug-likeness (QED) is 0.501. The van der Waals surface area contributed by atoms with Crippen molar-refractivity contribution in [3.63, 3.8) is 0 Å². The Morgan fingerprint density at radius 3 is 2.19 bits per heavy atom. The standard InChI is InChI=1S/C30H32N4O2/c1-32(2)30(36)22-12-17-26-25(20-22)27(29(35)31-26)28(21-10-6-4-7-11-21)33(3)23-13-15-24(16-14-23)34-18-8-5-9-19-34/h4,6-7,10-17,20H,5,8-9,18-19H2,1-3H3,(H,31,35). The van der Waals surface area contributed by atoms with E-state index < -0.39 is 0 Å². The van der Waals surface area contributed by atoms with Crippen molar-refractivity contribution in [2.45, 2.75) is 19.3 Å². The predicted octanol–water partition coefficient (Wildman–Crippen LogP) is 5.34. The first kappa shape index (κ1) is 23.7. The number of nitrogens with one attached hydrogen (secondary N) is 1. The van der Waals surface area contributed by atoms with Crippen molar-refractivity contribution in [2.75, 3.05) is 49.3 Å². The smallest absolute Gasteiger partial charge is 0.258 e. The van der Waals surface area contributed by atoms with Crippen molar-refractivity contribution < 1.29 is 9.59 Å². The van der Waals surface area contributed by atoms with Gasteiger partial charge in [-0.3, -0.25) is 9.59 Å². The molecule has 2 heterocycles. The molecule has 2 amide bonds. The zero-order valence-electron chi connectivity index (χ0n) is 21.1. The maximum absolute atomic E-state index is 13.4. The summed E-state index contributed by atoms with van der Waals surface area (Å²) in [6.07, 6.45) is 3.77. The van der Waals surface area contributed by atoms with E-state index in [0.717, 1.165) is 35.6 Å². The van der Waals surface area contributed by atoms with Gasteiger partial charge in [-0.1, -0.05) is 30.3 Å². The van der Waals surface area contributed by atoms with Crippen molar-refractivity contribution >= 4 is 40.1 Å². The molecule has 184 valence electrons. The normalized spacial score (nSPS) is 16.3. The molecule has 1 N–H and O–H groups in total. The summed E-state index contributed by atoms with van der Waals surface area (Å²) in [5, 5.41) is 3.00. The predicted molar refractivity (Wildman–Crippen MR) is 147 cm³/mol. The minimum Gasteiger partial charge on any atom is -0.372 e. The van der Waals surface area contributed by atoms with Gasteiger partial charge in [-0.25, -0.2) is 0 Å². The highest BCUT2D eigenvalue weighted by Crippen LogP contribution is 2.40. The molecule has 2 aliphatic heterocycles. The van der Waals surface area contributed by atoms with Gasteiger partial charge >= 0.3 is 0 Å². The Hall–Kier alpha value is -4.06. The second-order valence-electron chi connectivity index (χ2n) is 9.63. The van der Waals surface area contributed by atoms with E-state index in [9.17, 15) is 9.59 Å². The van der Waals surface area contributed by atoms with E-state index in [2.05, 4.69) is 39.4 Å². The molecule has 2 aliphatic rings. The third-order valence-electron chi connectivity index (χ3n) is 6.99. The van der Waals surface area contributed by atoms with Crippen molar-refractivity contribution in [3.05, 3.63) is 89.5 Å². The van der Waals surface area contributed by atoms with Crippen LogP contribution in [0.15, 0.2) is 72.8 Å². The first-order valence-corrected chi connectivity index (χ1v) is 12.5. The molecule has 0 spiro atoms. The van der Waals surface area contributed by atoms with E-state index >= 15 is 0 Å². The van der Waals surface area contributed by atoms with Gasteiger partial charge in [-0.2, -0.15) is 0 Å². The molecule has 1 saturated heterocycles. The topological polar surface area (TPSA) is 55.9 Å². The Kier molecular flexibility index (Phi) is 6.51. The number of hydrogen-bond donors (Lipinski definition) is 1. The van der Waals surface area contributed by atoms with Crippen molar-refractivity contribution in [1.82, 2.24) is 4.90 Å². The van der Waals surface area contributed by atoms with Crippen molar-refractivity contribution in [1.29, 1.82) is 0 Å². The van der Waals surface area contributed by atoms with Gasteiger partial charge in [0.25, 0.3) is 11.8 Å². The van der Waals surface area contributed by atoms with Gasteiger partial charge in [0.2, 0.25) is 0 Å². The summed E-state index contributed by atoms with van der Waals surface area (Å²) in [5.74, 6) is -0.269. The minimum atomic E-state index is -0.171. The maximum atomic E-state index is 13.4. The Bertz CT molecular complexity index is 1310. The van der Waals surface area contributed by atoms with Crippen LogP contribution in [0.1, 0.15) is 40.7 Å². The highest BCUT2D eigenvalue weighted by molar-refractivity contribution is 6.37. The fraction of sp³-hybridized carbons (Fsp3) is 0.267. The number of carbonyl (C=O) groups excluding carboxylic acids is 2. The lowest BCUT2D eigenvalue weighted by molar-refractivity contribution is -0.110. The molecule has 36 heavy (non-hydrogen) atoms. The number of amides is 2. The van der Waals surface area contributed by atoms with Gasteiger partial charge in [-0.15, -0.1) is 0 Å². The Morgan fingerprint density at radius 1 is 0.833 bits per heavy atom. The summed E-state index contributed by atoms with van der Waals surface area (Å²) in [6.45, 7) is 2.19. The molecular weight excluding hydrogens is 448 g/mol. The molecular formula is C30H32N4O2. The number of carbonyl (C=O) groups is 2. The van der Waals surface area contributed by atoms with Crippen LogP contribution in [0.2, 0.25) is 0 Å². The van der Waals surface area contributed by atoms with Crippen LogP contribution in [0.4, 0.5) is 17.1 Å². The molecule has 6 heteroatoms. The number of rotatable bonds is 5. The Labute approximate surface area is 212 Å². The van der Waals surface area contributed by atoms with Crippen LogP contribution < -0.4 is 15.1 Å². The molecule has 0 aromatic heterocycles. The van der Waals surface area contributed by atoms with Crippen molar-refractivity contribution in [2.24, 2.45) is 0 Å². The highest BCUT2D eigenvalue weighted by atomic mass is 16.2. The third-order valence-corrected chi connectivity index (χ3v) is 6.99. The lowest BCUT2D eigenvalue weighted by Gasteiger charge is -2.30. The lowest BCUT2D eigenvalue weighted by Crippen LogP contribution is -2.29. The van der Waals surface area contributed by atoms with Crippen molar-refractivity contribution in [3.8, 4) is 0 Å². The van der Waals surface area contributed by atoms with E-state index in [4.69, 9.17) is 0 Å². The second kappa shape index (κ2) is 9.90. The first-order chi connectivity index (χ1) is 17.4. The lowest BCUT2D eigenvalue weighted by atomic mass is 9.97. The van der Waals surface area contributed by atoms with Gasteiger partial charge in [0, 0.05) is 62.4 Å². The molecule has 0 saturated carbocycles. The van der Waals surface area contributed by atoms with Crippen LogP contribution in [-0.4, -0.2) is 50.9 Å². The molecule has 0 radical (unpaired) electrons. The SMILES string of the molecule is CN(C)C(=O)c1ccc2c(c1)C(=C(c1ccccc1)N(C)c1ccc(N3CCCCC3)cc1)C(=O)N2. The summed E-state index contributed by atoms with van der Waals surface area (Å²) in [5.41, 5.74) is 6.52. The zero-order chi connectivity index (χ0) is 25.2. The van der Waals surface area contributed by atoms with Gasteiger partial charge in [-0.05, 0) is 67.3 Å². The summed E-state index contributed by atoms with van der Waals surface area (Å²) in [4.78, 5) is 32.1. The number of hydrogen-bond acceptors (Lipinski definition) is 4. The number of anilines is 3. The Balaban J connectivity index is 1.60. The summed E-state index contributed by atoms with van der Waals surface area (Å²) in [6, 6.07) is 23.9. The number of benzene rings is 3. The fourth-order valence-electron chi connectivity index (χ4n) is 5.06. The zero-order valence-corrected chi connectivity index (χ0v) is 21.1. The van der Waals surface area contributed by atoms with Crippen LogP contribution in [0.5, 0.6) is 0 Å². The average Bonchev–Trinajstić information content (AvgIpc) is 3.24. The number of fused-ring (bicyclic) bond motifs is 1. The minimum absolute atomic E-state index is 0.0978. The molecule has 5 rings (SSSR count). The van der Waals surface area contributed by atoms with Crippen LogP contribution in [-0.2, 0) is 4.79 Å². The highest BCUT2D eigenvalue weighted by Gasteiger charge is 2.31. The second-order valence-corrected chi connectivity index (χ2v) is 9.63. The Morgan fingerprint density at radius 2 is 1.53 bits per heavy atom. The number of piperidine rings is 1. The summed E-state index contributed by atoms with van der Waals surface area (Å²) < 4.78 is 0. The van der Waals surface area contributed by atoms with Gasteiger partial charge in [0.05, 0.1) is 11.3 Å². The fourth-order valence-corrected chi connectivity index (χ4v) is 5.06. The molecule has 1 fully saturated rings. The van der Waals surface area contributed by atoms with Gasteiger partial charge < -0.3 is 20.0 Å². The molecule has 3 aromatic carbocycles. The molecule has 0 unspecified atom stereocenters. The molecule has 0 bridgehead atoms. The average molecular weight is 481 g/mol. The monoisotopic (exact) mass is 480 g/mol. The molecule has 0 atom stereocenters. The molecule has 3 aromatic rings. The van der Waals surface area contributed by atoms with E-state index in [1.54, 1.807) is 25.1 Å². The van der Waals surface area contributed by atoms with Crippen LogP contribution in [0, 0.1) is 0 Å². The van der Waals surface area contributed by atoms with E-state index in [-0.39, 0.29) is 11.8 Å². The summed E-state index contributed by atoms with van der Waals surface area (Å²) in [7, 11) is 5.45. The third kappa shape index (κ3) is 4.47. The van der Waals surface area contributed by atoms with Gasteiger partial charge in [0.15, 0.2) is 0 Å². The molecule has 6 nitrogen and oxygen atoms in total.